The SMILES string of the molecule is CCCCCCCCCc1ccc(C(=O)Oc2ccc(C(=O)Oc3ccc(C(=O)Oc4ccc(C(=O)Oc5ccc(N6CC[N]CC6)cc5)cc4)cc3)cc2)cc1. The summed E-state index contributed by atoms with van der Waals surface area (Å²) in [7, 11) is 0. The van der Waals surface area contributed by atoms with E-state index in [0.717, 1.165) is 44.7 Å². The maximum Gasteiger partial charge on any atom is 0.343 e. The van der Waals surface area contributed by atoms with Gasteiger partial charge in [-0.1, -0.05) is 57.6 Å². The number of hydrogen-bond donors (Lipinski definition) is 0. The van der Waals surface area contributed by atoms with E-state index in [1.54, 1.807) is 24.3 Å². The monoisotopic (exact) mass is 767 g/mol. The van der Waals surface area contributed by atoms with Crippen LogP contribution in [0.4, 0.5) is 5.69 Å². The topological polar surface area (TPSA) is 123 Å². The van der Waals surface area contributed by atoms with Gasteiger partial charge in [-0.2, -0.15) is 0 Å². The van der Waals surface area contributed by atoms with Gasteiger partial charge in [0, 0.05) is 31.9 Å². The molecule has 1 aliphatic heterocycles. The molecule has 1 fully saturated rings. The summed E-state index contributed by atoms with van der Waals surface area (Å²) in [6, 6.07) is 32.9. The summed E-state index contributed by atoms with van der Waals surface area (Å²) in [5.41, 5.74) is 3.49. The average molecular weight is 768 g/mol. The Bertz CT molecular complexity index is 2070. The molecule has 1 radical (unpaired) electrons. The molecule has 293 valence electrons. The van der Waals surface area contributed by atoms with Crippen molar-refractivity contribution in [2.45, 2.75) is 58.3 Å². The number of aryl methyl sites for hydroxylation is 1. The van der Waals surface area contributed by atoms with Gasteiger partial charge in [0.1, 0.15) is 23.0 Å². The second-order valence-corrected chi connectivity index (χ2v) is 13.9. The van der Waals surface area contributed by atoms with E-state index in [1.807, 2.05) is 24.3 Å². The fraction of sp³-hybridized carbons (Fsp3) is 0.277. The van der Waals surface area contributed by atoms with Crippen LogP contribution in [0, 0.1) is 0 Å². The standard InChI is InChI=1S/C47H47N2O8/c1-2-3-4-5-6-7-8-9-34-10-12-35(13-11-34)44(50)54-40-22-14-36(15-23-40)45(51)55-41-24-16-37(17-25-41)46(52)56-42-26-18-38(19-27-42)47(53)57-43-28-20-39(21-29-43)49-32-30-48-31-33-49/h10-29H,2-9,30-33H2,1H3. The van der Waals surface area contributed by atoms with E-state index < -0.39 is 23.9 Å². The Hall–Kier alpha value is -6.26. The number of carbonyl (C=O) groups is 4. The van der Waals surface area contributed by atoms with Gasteiger partial charge in [-0.25, -0.2) is 24.5 Å². The van der Waals surface area contributed by atoms with Gasteiger partial charge in [-0.3, -0.25) is 0 Å². The van der Waals surface area contributed by atoms with Gasteiger partial charge in [0.2, 0.25) is 0 Å². The van der Waals surface area contributed by atoms with Crippen molar-refractivity contribution in [3.63, 3.8) is 0 Å². The lowest BCUT2D eigenvalue weighted by molar-refractivity contribution is 0.0722. The van der Waals surface area contributed by atoms with Crippen molar-refractivity contribution < 1.29 is 38.1 Å². The van der Waals surface area contributed by atoms with E-state index in [1.165, 1.54) is 117 Å². The van der Waals surface area contributed by atoms with Gasteiger partial charge in [-0.05, 0) is 128 Å². The number of nitrogens with zero attached hydrogens (tertiary/aromatic N) is 2. The summed E-state index contributed by atoms with van der Waals surface area (Å²) in [5, 5.41) is 4.36. The van der Waals surface area contributed by atoms with Crippen LogP contribution in [0.3, 0.4) is 0 Å². The molecule has 0 spiro atoms. The Labute approximate surface area is 333 Å². The van der Waals surface area contributed by atoms with Crippen LogP contribution in [0.2, 0.25) is 0 Å². The van der Waals surface area contributed by atoms with Gasteiger partial charge in [0.15, 0.2) is 0 Å². The van der Waals surface area contributed by atoms with Crippen molar-refractivity contribution in [2.24, 2.45) is 0 Å². The zero-order chi connectivity index (χ0) is 39.8. The number of benzene rings is 5. The third kappa shape index (κ3) is 12.1. The summed E-state index contributed by atoms with van der Waals surface area (Å²) in [6.45, 7) is 5.57. The number of carbonyl (C=O) groups excluding carboxylic acids is 4. The first-order chi connectivity index (χ1) is 27.8. The summed E-state index contributed by atoms with van der Waals surface area (Å²) in [5.74, 6) is -1.07. The number of unbranched alkanes of at least 4 members (excludes halogenated alkanes) is 6. The quantitative estimate of drug-likeness (QED) is 0.0518. The Morgan fingerprint density at radius 3 is 1.18 bits per heavy atom. The number of esters is 4. The Morgan fingerprint density at radius 2 is 0.789 bits per heavy atom. The lowest BCUT2D eigenvalue weighted by Crippen LogP contribution is -2.40. The van der Waals surface area contributed by atoms with Crippen LogP contribution in [0.25, 0.3) is 0 Å². The van der Waals surface area contributed by atoms with Crippen LogP contribution in [-0.2, 0) is 6.42 Å². The molecule has 0 bridgehead atoms. The Balaban J connectivity index is 0.920. The highest BCUT2D eigenvalue weighted by Gasteiger charge is 2.16. The zero-order valence-electron chi connectivity index (χ0n) is 32.2. The summed E-state index contributed by atoms with van der Waals surface area (Å²) in [6.07, 6.45) is 9.78. The molecule has 10 nitrogen and oxygen atoms in total. The molecule has 5 aromatic rings. The smallest absolute Gasteiger partial charge is 0.343 e. The molecule has 1 aliphatic rings. The molecule has 0 saturated carbocycles. The van der Waals surface area contributed by atoms with E-state index in [-0.39, 0.29) is 22.6 Å². The summed E-state index contributed by atoms with van der Waals surface area (Å²) in [4.78, 5) is 53.3. The molecule has 57 heavy (non-hydrogen) atoms. The number of hydrogen-bond acceptors (Lipinski definition) is 9. The van der Waals surface area contributed by atoms with Crippen LogP contribution < -0.4 is 29.2 Å². The van der Waals surface area contributed by atoms with E-state index in [4.69, 9.17) is 18.9 Å². The van der Waals surface area contributed by atoms with E-state index in [0.29, 0.717) is 22.6 Å². The minimum absolute atomic E-state index is 0.224. The molecule has 0 unspecified atom stereocenters. The van der Waals surface area contributed by atoms with Crippen molar-refractivity contribution in [2.75, 3.05) is 31.1 Å². The fourth-order valence-corrected chi connectivity index (χ4v) is 6.32. The Morgan fingerprint density at radius 1 is 0.456 bits per heavy atom. The molecule has 10 heteroatoms. The van der Waals surface area contributed by atoms with Crippen molar-refractivity contribution >= 4 is 29.6 Å². The largest absolute Gasteiger partial charge is 0.423 e. The Kier molecular flexibility index (Phi) is 14.6. The fourth-order valence-electron chi connectivity index (χ4n) is 6.32. The number of rotatable bonds is 17. The maximum atomic E-state index is 12.8. The minimum Gasteiger partial charge on any atom is -0.423 e. The van der Waals surface area contributed by atoms with E-state index >= 15 is 0 Å². The molecule has 1 saturated heterocycles. The van der Waals surface area contributed by atoms with Crippen LogP contribution >= 0.6 is 0 Å². The zero-order valence-corrected chi connectivity index (χ0v) is 32.2. The third-order valence-corrected chi connectivity index (χ3v) is 9.63. The van der Waals surface area contributed by atoms with Crippen LogP contribution in [0.15, 0.2) is 121 Å². The number of ether oxygens (including phenoxy) is 4. The molecule has 0 aliphatic carbocycles. The van der Waals surface area contributed by atoms with Gasteiger partial charge in [-0.15, -0.1) is 0 Å². The first-order valence-electron chi connectivity index (χ1n) is 19.6. The molecule has 0 atom stereocenters. The van der Waals surface area contributed by atoms with Gasteiger partial charge >= 0.3 is 23.9 Å². The van der Waals surface area contributed by atoms with Crippen molar-refractivity contribution in [3.05, 3.63) is 149 Å². The van der Waals surface area contributed by atoms with E-state index in [2.05, 4.69) is 17.1 Å². The predicted molar refractivity (Wildman–Crippen MR) is 218 cm³/mol. The summed E-state index contributed by atoms with van der Waals surface area (Å²) < 4.78 is 22.0. The molecular weight excluding hydrogens is 721 g/mol. The lowest BCUT2D eigenvalue weighted by Gasteiger charge is -2.28. The van der Waals surface area contributed by atoms with Gasteiger partial charge in [0.05, 0.1) is 22.3 Å². The normalized spacial score (nSPS) is 12.4. The molecule has 6 rings (SSSR count). The van der Waals surface area contributed by atoms with Crippen LogP contribution in [-0.4, -0.2) is 50.1 Å². The third-order valence-electron chi connectivity index (χ3n) is 9.63. The molecule has 5 aromatic carbocycles. The maximum absolute atomic E-state index is 12.8. The number of anilines is 1. The van der Waals surface area contributed by atoms with Crippen molar-refractivity contribution in [1.29, 1.82) is 0 Å². The average Bonchev–Trinajstić information content (AvgIpc) is 3.25. The predicted octanol–water partition coefficient (Wildman–Crippen LogP) is 9.28. The highest BCUT2D eigenvalue weighted by atomic mass is 16.5. The molecule has 0 N–H and O–H groups in total. The minimum atomic E-state index is -0.629. The first kappa shape index (κ1) is 40.4. The summed E-state index contributed by atoms with van der Waals surface area (Å²) >= 11 is 0. The van der Waals surface area contributed by atoms with Crippen molar-refractivity contribution in [1.82, 2.24) is 5.32 Å². The van der Waals surface area contributed by atoms with Gasteiger partial charge < -0.3 is 23.8 Å². The van der Waals surface area contributed by atoms with Gasteiger partial charge in [0.25, 0.3) is 0 Å². The second kappa shape index (κ2) is 20.6. The molecular formula is C47H47N2O8. The molecule has 1 heterocycles. The highest BCUT2D eigenvalue weighted by Crippen LogP contribution is 2.23. The second-order valence-electron chi connectivity index (χ2n) is 13.9. The first-order valence-corrected chi connectivity index (χ1v) is 19.6. The molecule has 0 amide bonds. The van der Waals surface area contributed by atoms with Crippen LogP contribution in [0.5, 0.6) is 23.0 Å². The van der Waals surface area contributed by atoms with Crippen LogP contribution in [0.1, 0.15) is 98.9 Å². The highest BCUT2D eigenvalue weighted by molar-refractivity contribution is 5.94. The van der Waals surface area contributed by atoms with E-state index in [9.17, 15) is 19.2 Å². The van der Waals surface area contributed by atoms with Crippen molar-refractivity contribution in [3.8, 4) is 23.0 Å². The lowest BCUT2D eigenvalue weighted by atomic mass is 10.0. The number of piperazine rings is 1. The molecule has 0 aromatic heterocycles.